The molecule has 0 saturated heterocycles. The van der Waals surface area contributed by atoms with Crippen molar-refractivity contribution in [2.24, 2.45) is 0 Å². The Morgan fingerprint density at radius 2 is 2.22 bits per heavy atom. The van der Waals surface area contributed by atoms with Crippen LogP contribution in [0.25, 0.3) is 0 Å². The van der Waals surface area contributed by atoms with Crippen LogP contribution in [0.1, 0.15) is 38.6 Å². The zero-order valence-electron chi connectivity index (χ0n) is 11.7. The van der Waals surface area contributed by atoms with E-state index in [9.17, 15) is 4.79 Å². The maximum Gasteiger partial charge on any atom is 0.207 e. The number of carbonyl (C=O) groups is 1. The van der Waals surface area contributed by atoms with Crippen LogP contribution in [0.4, 0.5) is 0 Å². The van der Waals surface area contributed by atoms with Gasteiger partial charge < -0.3 is 10.1 Å². The number of hydrogen-bond donors (Lipinski definition) is 1. The van der Waals surface area contributed by atoms with Crippen LogP contribution in [0.2, 0.25) is 0 Å². The summed E-state index contributed by atoms with van der Waals surface area (Å²) in [5, 5.41) is 7.08. The van der Waals surface area contributed by atoms with Gasteiger partial charge in [-0.1, -0.05) is 0 Å². The maximum atomic E-state index is 10.1. The molecule has 5 nitrogen and oxygen atoms in total. The van der Waals surface area contributed by atoms with Crippen LogP contribution in [0, 0.1) is 6.92 Å². The molecule has 0 radical (unpaired) electrons. The molecule has 1 aromatic rings. The van der Waals surface area contributed by atoms with Crippen molar-refractivity contribution < 1.29 is 9.53 Å². The van der Waals surface area contributed by atoms with Gasteiger partial charge in [-0.15, -0.1) is 0 Å². The minimum Gasteiger partial charge on any atom is -0.370 e. The highest BCUT2D eigenvalue weighted by atomic mass is 16.5. The predicted molar refractivity (Wildman–Crippen MR) is 70.2 cm³/mol. The molecule has 18 heavy (non-hydrogen) atoms. The van der Waals surface area contributed by atoms with Gasteiger partial charge in [0.15, 0.2) is 0 Å². The number of aryl methyl sites for hydroxylation is 2. The molecule has 0 bridgehead atoms. The van der Waals surface area contributed by atoms with Crippen molar-refractivity contribution >= 4 is 6.41 Å². The van der Waals surface area contributed by atoms with Crippen LogP contribution in [0.5, 0.6) is 0 Å². The van der Waals surface area contributed by atoms with E-state index >= 15 is 0 Å². The molecule has 0 aliphatic heterocycles. The molecule has 102 valence electrons. The molecule has 1 amide bonds. The van der Waals surface area contributed by atoms with E-state index in [0.29, 0.717) is 13.2 Å². The summed E-state index contributed by atoms with van der Waals surface area (Å²) >= 11 is 0. The van der Waals surface area contributed by atoms with Crippen molar-refractivity contribution in [3.8, 4) is 0 Å². The van der Waals surface area contributed by atoms with Gasteiger partial charge in [-0.25, -0.2) is 0 Å². The molecule has 0 saturated carbocycles. The molecule has 0 aromatic carbocycles. The van der Waals surface area contributed by atoms with Crippen molar-refractivity contribution in [3.63, 3.8) is 0 Å². The summed E-state index contributed by atoms with van der Waals surface area (Å²) in [4.78, 5) is 10.1. The van der Waals surface area contributed by atoms with Gasteiger partial charge in [0.25, 0.3) is 0 Å². The lowest BCUT2D eigenvalue weighted by atomic mass is 10.2. The highest BCUT2D eigenvalue weighted by Crippen LogP contribution is 2.13. The number of nitrogens with one attached hydrogen (secondary N) is 1. The smallest absolute Gasteiger partial charge is 0.207 e. The third-order valence-corrected chi connectivity index (χ3v) is 2.41. The fraction of sp³-hybridized carbons (Fsp3) is 0.692. The third kappa shape index (κ3) is 5.31. The average Bonchev–Trinajstić information content (AvgIpc) is 2.62. The monoisotopic (exact) mass is 253 g/mol. The Morgan fingerprint density at radius 1 is 1.50 bits per heavy atom. The van der Waals surface area contributed by atoms with Gasteiger partial charge in [-0.3, -0.25) is 9.48 Å². The van der Waals surface area contributed by atoms with Crippen LogP contribution in [0.3, 0.4) is 0 Å². The molecular weight excluding hydrogens is 230 g/mol. The fourth-order valence-corrected chi connectivity index (χ4v) is 1.59. The van der Waals surface area contributed by atoms with E-state index in [1.807, 2.05) is 38.4 Å². The van der Waals surface area contributed by atoms with Gasteiger partial charge in [0.2, 0.25) is 6.41 Å². The summed E-state index contributed by atoms with van der Waals surface area (Å²) in [6.45, 7) is 10.1. The Bertz CT molecular complexity index is 380. The van der Waals surface area contributed by atoms with E-state index in [1.165, 1.54) is 0 Å². The van der Waals surface area contributed by atoms with Gasteiger partial charge in [0.05, 0.1) is 23.6 Å². The van der Waals surface area contributed by atoms with Gasteiger partial charge in [-0.05, 0) is 40.2 Å². The number of amides is 1. The van der Waals surface area contributed by atoms with Crippen molar-refractivity contribution in [2.45, 2.75) is 52.9 Å². The molecular formula is C13H23N3O2. The second-order valence-corrected chi connectivity index (χ2v) is 5.33. The van der Waals surface area contributed by atoms with Gasteiger partial charge in [0, 0.05) is 13.1 Å². The fourth-order valence-electron chi connectivity index (χ4n) is 1.59. The molecule has 0 fully saturated rings. The standard InChI is InChI=1S/C13H23N3O2/c1-11-8-12(9-18-13(2,3)4)16(15-11)7-5-6-14-10-17/h8,10H,5-7,9H2,1-4H3,(H,14,17). The van der Waals surface area contributed by atoms with Gasteiger partial charge >= 0.3 is 0 Å². The molecule has 0 aliphatic carbocycles. The lowest BCUT2D eigenvalue weighted by molar-refractivity contribution is -0.109. The maximum absolute atomic E-state index is 10.1. The van der Waals surface area contributed by atoms with E-state index in [2.05, 4.69) is 10.4 Å². The number of carbonyl (C=O) groups excluding carboxylic acids is 1. The zero-order valence-corrected chi connectivity index (χ0v) is 11.7. The lowest BCUT2D eigenvalue weighted by Gasteiger charge is -2.19. The van der Waals surface area contributed by atoms with Crippen molar-refractivity contribution in [1.29, 1.82) is 0 Å². The van der Waals surface area contributed by atoms with Gasteiger partial charge in [0.1, 0.15) is 0 Å². The number of rotatable bonds is 7. The Kier molecular flexibility index (Phi) is 5.34. The summed E-state index contributed by atoms with van der Waals surface area (Å²) in [5.41, 5.74) is 1.92. The van der Waals surface area contributed by atoms with E-state index in [1.54, 1.807) is 0 Å². The van der Waals surface area contributed by atoms with Crippen molar-refractivity contribution in [3.05, 3.63) is 17.5 Å². The summed E-state index contributed by atoms with van der Waals surface area (Å²) in [5.74, 6) is 0. The van der Waals surface area contributed by atoms with Crippen molar-refractivity contribution in [2.75, 3.05) is 6.54 Å². The number of ether oxygens (including phenoxy) is 1. The average molecular weight is 253 g/mol. The second kappa shape index (κ2) is 6.54. The first-order chi connectivity index (χ1) is 8.42. The Morgan fingerprint density at radius 3 is 2.83 bits per heavy atom. The number of hydrogen-bond acceptors (Lipinski definition) is 3. The molecule has 0 unspecified atom stereocenters. The molecule has 0 spiro atoms. The first-order valence-electron chi connectivity index (χ1n) is 6.27. The Balaban J connectivity index is 2.53. The van der Waals surface area contributed by atoms with E-state index in [-0.39, 0.29) is 5.60 Å². The Labute approximate surface area is 109 Å². The van der Waals surface area contributed by atoms with E-state index < -0.39 is 0 Å². The topological polar surface area (TPSA) is 56.1 Å². The summed E-state index contributed by atoms with van der Waals surface area (Å²) < 4.78 is 7.72. The summed E-state index contributed by atoms with van der Waals surface area (Å²) in [6, 6.07) is 2.04. The van der Waals surface area contributed by atoms with Gasteiger partial charge in [-0.2, -0.15) is 5.10 Å². The zero-order chi connectivity index (χ0) is 13.6. The summed E-state index contributed by atoms with van der Waals surface area (Å²) in [7, 11) is 0. The molecule has 1 aromatic heterocycles. The van der Waals surface area contributed by atoms with Crippen LogP contribution < -0.4 is 5.32 Å². The lowest BCUT2D eigenvalue weighted by Crippen LogP contribution is -2.20. The van der Waals surface area contributed by atoms with Crippen LogP contribution >= 0.6 is 0 Å². The number of aromatic nitrogens is 2. The van der Waals surface area contributed by atoms with E-state index in [0.717, 1.165) is 30.8 Å². The molecule has 1 N–H and O–H groups in total. The predicted octanol–water partition coefficient (Wildman–Crippen LogP) is 1.64. The molecule has 0 aliphatic rings. The summed E-state index contributed by atoms with van der Waals surface area (Å²) in [6.07, 6.45) is 1.58. The first kappa shape index (κ1) is 14.7. The molecule has 1 heterocycles. The number of nitrogens with zero attached hydrogens (tertiary/aromatic N) is 2. The van der Waals surface area contributed by atoms with Crippen molar-refractivity contribution in [1.82, 2.24) is 15.1 Å². The molecule has 5 heteroatoms. The van der Waals surface area contributed by atoms with E-state index in [4.69, 9.17) is 4.74 Å². The normalized spacial score (nSPS) is 11.6. The van der Waals surface area contributed by atoms with Crippen LogP contribution in [-0.2, 0) is 22.7 Å². The third-order valence-electron chi connectivity index (χ3n) is 2.41. The quantitative estimate of drug-likeness (QED) is 0.593. The Hall–Kier alpha value is -1.36. The first-order valence-corrected chi connectivity index (χ1v) is 6.27. The highest BCUT2D eigenvalue weighted by molar-refractivity contribution is 5.45. The minimum absolute atomic E-state index is 0.151. The minimum atomic E-state index is -0.151. The highest BCUT2D eigenvalue weighted by Gasteiger charge is 2.13. The largest absolute Gasteiger partial charge is 0.370 e. The molecule has 0 atom stereocenters. The second-order valence-electron chi connectivity index (χ2n) is 5.33. The molecule has 1 rings (SSSR count). The SMILES string of the molecule is Cc1cc(COC(C)(C)C)n(CCCNC=O)n1. The van der Waals surface area contributed by atoms with Crippen LogP contribution in [-0.4, -0.2) is 28.3 Å². The van der Waals surface area contributed by atoms with Crippen LogP contribution in [0.15, 0.2) is 6.07 Å².